The Morgan fingerprint density at radius 1 is 1.20 bits per heavy atom. The third-order valence-electron chi connectivity index (χ3n) is 3.44. The van der Waals surface area contributed by atoms with Gasteiger partial charge in [-0.15, -0.1) is 6.58 Å². The molecule has 0 aliphatic heterocycles. The first kappa shape index (κ1) is 18.8. The highest BCUT2D eigenvalue weighted by molar-refractivity contribution is 7.92. The maximum atomic E-state index is 14.0. The van der Waals surface area contributed by atoms with Crippen molar-refractivity contribution in [3.05, 3.63) is 60.9 Å². The van der Waals surface area contributed by atoms with E-state index in [1.54, 1.807) is 24.3 Å². The number of anilines is 1. The van der Waals surface area contributed by atoms with Gasteiger partial charge in [0, 0.05) is 0 Å². The Bertz CT molecular complexity index is 852. The molecule has 0 radical (unpaired) electrons. The molecule has 2 aromatic rings. The van der Waals surface area contributed by atoms with Crippen LogP contribution in [0.4, 0.5) is 10.1 Å². The Kier molecular flexibility index (Phi) is 6.03. The molecule has 7 heteroatoms. The largest absolute Gasteiger partial charge is 0.494 e. The van der Waals surface area contributed by atoms with Crippen LogP contribution in [0.5, 0.6) is 11.5 Å². The first-order valence-corrected chi connectivity index (χ1v) is 9.08. The van der Waals surface area contributed by atoms with Crippen LogP contribution in [0.15, 0.2) is 60.0 Å². The quantitative estimate of drug-likeness (QED) is 0.671. The maximum absolute atomic E-state index is 14.0. The van der Waals surface area contributed by atoms with Crippen molar-refractivity contribution in [2.45, 2.75) is 11.8 Å². The molecule has 0 aromatic heterocycles. The molecule has 0 fully saturated rings. The molecule has 0 unspecified atom stereocenters. The summed E-state index contributed by atoms with van der Waals surface area (Å²) >= 11 is 0. The molecule has 0 aliphatic rings. The molecule has 0 bridgehead atoms. The minimum absolute atomic E-state index is 0.0140. The molecule has 2 rings (SSSR count). The van der Waals surface area contributed by atoms with Gasteiger partial charge in [0.15, 0.2) is 11.6 Å². The number of halogens is 1. The number of ether oxygens (including phenoxy) is 2. The van der Waals surface area contributed by atoms with E-state index in [9.17, 15) is 12.8 Å². The van der Waals surface area contributed by atoms with Crippen LogP contribution in [-0.2, 0) is 10.0 Å². The van der Waals surface area contributed by atoms with E-state index in [0.717, 1.165) is 10.4 Å². The summed E-state index contributed by atoms with van der Waals surface area (Å²) in [6.07, 6.45) is 1.46. The second-order valence-corrected chi connectivity index (χ2v) is 6.88. The van der Waals surface area contributed by atoms with E-state index in [0.29, 0.717) is 18.0 Å². The zero-order chi connectivity index (χ0) is 18.4. The Morgan fingerprint density at radius 3 is 2.52 bits per heavy atom. The van der Waals surface area contributed by atoms with Crippen LogP contribution in [-0.4, -0.2) is 28.7 Å². The Morgan fingerprint density at radius 2 is 1.92 bits per heavy atom. The Labute approximate surface area is 147 Å². The SMILES string of the molecule is C=CCN(c1ccccc1OCC)S(=O)(=O)c1ccc(OC)c(F)c1. The number of hydrogen-bond acceptors (Lipinski definition) is 4. The van der Waals surface area contributed by atoms with Gasteiger partial charge >= 0.3 is 0 Å². The van der Waals surface area contributed by atoms with E-state index in [-0.39, 0.29) is 17.2 Å². The summed E-state index contributed by atoms with van der Waals surface area (Å²) in [7, 11) is -2.70. The number of hydrogen-bond donors (Lipinski definition) is 0. The van der Waals surface area contributed by atoms with Crippen molar-refractivity contribution >= 4 is 15.7 Å². The predicted octanol–water partition coefficient (Wildman–Crippen LogP) is 3.61. The van der Waals surface area contributed by atoms with Crippen LogP contribution in [0.1, 0.15) is 6.92 Å². The molecule has 0 saturated carbocycles. The predicted molar refractivity (Wildman–Crippen MR) is 95.3 cm³/mol. The Balaban J connectivity index is 2.56. The molecule has 0 N–H and O–H groups in total. The van der Waals surface area contributed by atoms with E-state index in [1.807, 2.05) is 6.92 Å². The Hall–Kier alpha value is -2.54. The normalized spacial score (nSPS) is 11.0. The zero-order valence-electron chi connectivity index (χ0n) is 14.1. The fourth-order valence-electron chi connectivity index (χ4n) is 2.32. The van der Waals surface area contributed by atoms with E-state index in [1.165, 1.54) is 25.3 Å². The zero-order valence-corrected chi connectivity index (χ0v) is 14.9. The molecular weight excluding hydrogens is 345 g/mol. The minimum atomic E-state index is -4.02. The topological polar surface area (TPSA) is 55.8 Å². The van der Waals surface area contributed by atoms with Gasteiger partial charge < -0.3 is 9.47 Å². The molecule has 0 saturated heterocycles. The van der Waals surface area contributed by atoms with Gasteiger partial charge in [-0.2, -0.15) is 0 Å². The summed E-state index contributed by atoms with van der Waals surface area (Å²) in [6, 6.07) is 10.3. The van der Waals surface area contributed by atoms with Crippen LogP contribution < -0.4 is 13.8 Å². The molecule has 0 amide bonds. The van der Waals surface area contributed by atoms with Crippen molar-refractivity contribution in [1.82, 2.24) is 0 Å². The van der Waals surface area contributed by atoms with Crippen LogP contribution in [0, 0.1) is 5.82 Å². The van der Waals surface area contributed by atoms with Crippen molar-refractivity contribution in [3.8, 4) is 11.5 Å². The molecule has 0 atom stereocenters. The molecular formula is C18H20FNO4S. The molecule has 2 aromatic carbocycles. The van der Waals surface area contributed by atoms with Gasteiger partial charge in [0.1, 0.15) is 5.75 Å². The fourth-order valence-corrected chi connectivity index (χ4v) is 3.78. The lowest BCUT2D eigenvalue weighted by molar-refractivity contribution is 0.341. The third kappa shape index (κ3) is 3.93. The van der Waals surface area contributed by atoms with Gasteiger partial charge in [0.2, 0.25) is 0 Å². The average Bonchev–Trinajstić information content (AvgIpc) is 2.60. The average molecular weight is 365 g/mol. The lowest BCUT2D eigenvalue weighted by Crippen LogP contribution is -2.31. The standard InChI is InChI=1S/C18H20FNO4S/c1-4-12-20(16-8-6-7-9-18(16)24-5-2)25(21,22)14-10-11-17(23-3)15(19)13-14/h4,6-11,13H,1,5,12H2,2-3H3. The van der Waals surface area contributed by atoms with Crippen LogP contribution in [0.3, 0.4) is 0 Å². The van der Waals surface area contributed by atoms with Gasteiger partial charge in [-0.1, -0.05) is 18.2 Å². The van der Waals surface area contributed by atoms with Crippen LogP contribution >= 0.6 is 0 Å². The number of para-hydroxylation sites is 2. The van der Waals surface area contributed by atoms with Gasteiger partial charge in [-0.25, -0.2) is 12.8 Å². The van der Waals surface area contributed by atoms with E-state index in [4.69, 9.17) is 9.47 Å². The second kappa shape index (κ2) is 8.02. The molecule has 0 heterocycles. The maximum Gasteiger partial charge on any atom is 0.264 e. The highest BCUT2D eigenvalue weighted by atomic mass is 32.2. The van der Waals surface area contributed by atoms with Crippen molar-refractivity contribution in [2.75, 3.05) is 24.6 Å². The molecule has 0 aliphatic carbocycles. The minimum Gasteiger partial charge on any atom is -0.494 e. The van der Waals surface area contributed by atoms with Crippen LogP contribution in [0.25, 0.3) is 0 Å². The second-order valence-electron chi connectivity index (χ2n) is 5.02. The lowest BCUT2D eigenvalue weighted by Gasteiger charge is -2.25. The number of nitrogens with zero attached hydrogens (tertiary/aromatic N) is 1. The summed E-state index contributed by atoms with van der Waals surface area (Å²) < 4.78 is 51.6. The smallest absolute Gasteiger partial charge is 0.264 e. The summed E-state index contributed by atoms with van der Waals surface area (Å²) in [5, 5.41) is 0. The van der Waals surface area contributed by atoms with Gasteiger partial charge in [0.05, 0.1) is 30.8 Å². The summed E-state index contributed by atoms with van der Waals surface area (Å²) in [5.74, 6) is -0.353. The highest BCUT2D eigenvalue weighted by Crippen LogP contribution is 2.33. The van der Waals surface area contributed by atoms with Gasteiger partial charge in [0.25, 0.3) is 10.0 Å². The van der Waals surface area contributed by atoms with Crippen molar-refractivity contribution in [2.24, 2.45) is 0 Å². The van der Waals surface area contributed by atoms with Gasteiger partial charge in [-0.05, 0) is 37.3 Å². The number of rotatable bonds is 8. The summed E-state index contributed by atoms with van der Waals surface area (Å²) in [5.41, 5.74) is 0.362. The molecule has 25 heavy (non-hydrogen) atoms. The van der Waals surface area contributed by atoms with Gasteiger partial charge in [-0.3, -0.25) is 4.31 Å². The first-order valence-electron chi connectivity index (χ1n) is 7.64. The molecule has 134 valence electrons. The number of benzene rings is 2. The van der Waals surface area contributed by atoms with Crippen molar-refractivity contribution in [1.29, 1.82) is 0 Å². The van der Waals surface area contributed by atoms with E-state index < -0.39 is 15.8 Å². The van der Waals surface area contributed by atoms with Crippen molar-refractivity contribution in [3.63, 3.8) is 0 Å². The fraction of sp³-hybridized carbons (Fsp3) is 0.222. The molecule has 0 spiro atoms. The number of sulfonamides is 1. The monoisotopic (exact) mass is 365 g/mol. The lowest BCUT2D eigenvalue weighted by atomic mass is 10.3. The van der Waals surface area contributed by atoms with E-state index >= 15 is 0 Å². The summed E-state index contributed by atoms with van der Waals surface area (Å²) in [4.78, 5) is -0.182. The van der Waals surface area contributed by atoms with Crippen LogP contribution in [0.2, 0.25) is 0 Å². The van der Waals surface area contributed by atoms with E-state index in [2.05, 4.69) is 6.58 Å². The summed E-state index contributed by atoms with van der Waals surface area (Å²) in [6.45, 7) is 5.82. The molecule has 5 nitrogen and oxygen atoms in total. The highest BCUT2D eigenvalue weighted by Gasteiger charge is 2.27. The first-order chi connectivity index (χ1) is 12.0. The van der Waals surface area contributed by atoms with Crippen molar-refractivity contribution < 1.29 is 22.3 Å². The third-order valence-corrected chi connectivity index (χ3v) is 5.22. The number of methoxy groups -OCH3 is 1.